The van der Waals surface area contributed by atoms with Gasteiger partial charge in [0.15, 0.2) is 0 Å². The SMILES string of the molecule is CCCS(=O)(=O)N[C@H]1C[C@@H](n2cnc3cnc4[nH]ccc4c32)C1. The molecule has 0 atom stereocenters. The Balaban J connectivity index is 1.57. The number of hydrogen-bond acceptors (Lipinski definition) is 4. The first-order chi connectivity index (χ1) is 11.1. The second kappa shape index (κ2) is 5.31. The van der Waals surface area contributed by atoms with Crippen LogP contribution >= 0.6 is 0 Å². The van der Waals surface area contributed by atoms with Crippen molar-refractivity contribution in [3.05, 3.63) is 24.8 Å². The van der Waals surface area contributed by atoms with E-state index in [1.54, 1.807) is 6.20 Å². The molecule has 0 unspecified atom stereocenters. The van der Waals surface area contributed by atoms with Crippen molar-refractivity contribution in [2.45, 2.75) is 38.3 Å². The van der Waals surface area contributed by atoms with Gasteiger partial charge in [0.2, 0.25) is 10.0 Å². The maximum absolute atomic E-state index is 11.8. The summed E-state index contributed by atoms with van der Waals surface area (Å²) in [7, 11) is -3.14. The van der Waals surface area contributed by atoms with Gasteiger partial charge in [-0.1, -0.05) is 6.92 Å². The van der Waals surface area contributed by atoms with E-state index in [0.717, 1.165) is 34.9 Å². The van der Waals surface area contributed by atoms with Crippen LogP contribution in [0.3, 0.4) is 0 Å². The average Bonchev–Trinajstić information content (AvgIpc) is 3.08. The Morgan fingerprint density at radius 1 is 1.39 bits per heavy atom. The third kappa shape index (κ3) is 2.51. The molecule has 4 rings (SSSR count). The molecule has 0 bridgehead atoms. The zero-order valence-corrected chi connectivity index (χ0v) is 13.7. The highest BCUT2D eigenvalue weighted by atomic mass is 32.2. The van der Waals surface area contributed by atoms with Gasteiger partial charge < -0.3 is 9.55 Å². The van der Waals surface area contributed by atoms with E-state index < -0.39 is 10.0 Å². The predicted molar refractivity (Wildman–Crippen MR) is 88.7 cm³/mol. The third-order valence-electron chi connectivity index (χ3n) is 4.44. The second-order valence-electron chi connectivity index (χ2n) is 6.14. The van der Waals surface area contributed by atoms with Crippen molar-refractivity contribution in [3.8, 4) is 0 Å². The molecule has 0 aliphatic heterocycles. The summed E-state index contributed by atoms with van der Waals surface area (Å²) in [5.41, 5.74) is 2.78. The van der Waals surface area contributed by atoms with Crippen LogP contribution in [0, 0.1) is 0 Å². The molecule has 122 valence electrons. The summed E-state index contributed by atoms with van der Waals surface area (Å²) < 4.78 is 28.6. The number of H-pyrrole nitrogens is 1. The van der Waals surface area contributed by atoms with Gasteiger partial charge in [-0.2, -0.15) is 0 Å². The highest BCUT2D eigenvalue weighted by Gasteiger charge is 2.34. The van der Waals surface area contributed by atoms with Crippen LogP contribution in [-0.4, -0.2) is 39.7 Å². The molecule has 0 radical (unpaired) electrons. The highest BCUT2D eigenvalue weighted by Crippen LogP contribution is 2.36. The molecule has 2 N–H and O–H groups in total. The van der Waals surface area contributed by atoms with Crippen LogP contribution in [0.2, 0.25) is 0 Å². The van der Waals surface area contributed by atoms with Gasteiger partial charge in [0.25, 0.3) is 0 Å². The molecule has 1 saturated carbocycles. The van der Waals surface area contributed by atoms with E-state index >= 15 is 0 Å². The average molecular weight is 333 g/mol. The lowest BCUT2D eigenvalue weighted by Gasteiger charge is -2.36. The van der Waals surface area contributed by atoms with E-state index in [9.17, 15) is 8.42 Å². The Kier molecular flexibility index (Phi) is 3.38. The maximum atomic E-state index is 11.8. The van der Waals surface area contributed by atoms with Gasteiger partial charge in [-0.05, 0) is 25.3 Å². The van der Waals surface area contributed by atoms with Crippen LogP contribution in [-0.2, 0) is 10.0 Å². The zero-order valence-electron chi connectivity index (χ0n) is 12.9. The lowest BCUT2D eigenvalue weighted by Crippen LogP contribution is -2.45. The van der Waals surface area contributed by atoms with E-state index in [2.05, 4.69) is 24.2 Å². The summed E-state index contributed by atoms with van der Waals surface area (Å²) in [6.07, 6.45) is 7.70. The number of rotatable bonds is 5. The van der Waals surface area contributed by atoms with Crippen LogP contribution in [0.1, 0.15) is 32.2 Å². The summed E-state index contributed by atoms with van der Waals surface area (Å²) >= 11 is 0. The molecule has 3 aromatic rings. The number of nitrogens with zero attached hydrogens (tertiary/aromatic N) is 3. The molecule has 1 aliphatic rings. The van der Waals surface area contributed by atoms with E-state index in [1.165, 1.54) is 0 Å². The van der Waals surface area contributed by atoms with Gasteiger partial charge in [0.05, 0.1) is 23.8 Å². The van der Waals surface area contributed by atoms with E-state index in [1.807, 2.05) is 25.5 Å². The fraction of sp³-hybridized carbons (Fsp3) is 0.467. The molecule has 0 amide bonds. The quantitative estimate of drug-likeness (QED) is 0.746. The standard InChI is InChI=1S/C15H19N5O2S/c1-2-5-23(21,22)19-10-6-11(7-10)20-9-18-13-8-17-15-12(14(13)20)3-4-16-15/h3-4,8-11,19H,2,5-7H2,1H3,(H,16,17)/t10-,11+. The van der Waals surface area contributed by atoms with Crippen molar-refractivity contribution in [2.24, 2.45) is 0 Å². The predicted octanol–water partition coefficient (Wildman–Crippen LogP) is 1.95. The number of nitrogens with one attached hydrogen (secondary N) is 2. The second-order valence-corrected chi connectivity index (χ2v) is 8.02. The number of fused-ring (bicyclic) bond motifs is 3. The van der Waals surface area contributed by atoms with Crippen molar-refractivity contribution >= 4 is 32.1 Å². The first-order valence-electron chi connectivity index (χ1n) is 7.86. The van der Waals surface area contributed by atoms with Gasteiger partial charge in [-0.3, -0.25) is 0 Å². The van der Waals surface area contributed by atoms with Crippen molar-refractivity contribution in [1.29, 1.82) is 0 Å². The molecule has 0 spiro atoms. The Bertz CT molecular complexity index is 953. The van der Waals surface area contributed by atoms with E-state index in [4.69, 9.17) is 0 Å². The minimum absolute atomic E-state index is 0.0255. The normalized spacial score (nSPS) is 21.8. The maximum Gasteiger partial charge on any atom is 0.211 e. The summed E-state index contributed by atoms with van der Waals surface area (Å²) in [4.78, 5) is 11.9. The number of aromatic nitrogens is 4. The van der Waals surface area contributed by atoms with Crippen LogP contribution < -0.4 is 4.72 Å². The lowest BCUT2D eigenvalue weighted by atomic mass is 9.87. The Hall–Kier alpha value is -1.93. The fourth-order valence-corrected chi connectivity index (χ4v) is 4.66. The molecule has 0 aromatic carbocycles. The van der Waals surface area contributed by atoms with Crippen LogP contribution in [0.4, 0.5) is 0 Å². The summed E-state index contributed by atoms with van der Waals surface area (Å²) in [6.45, 7) is 1.87. The van der Waals surface area contributed by atoms with Gasteiger partial charge in [0, 0.05) is 23.7 Å². The van der Waals surface area contributed by atoms with Crippen LogP contribution in [0.15, 0.2) is 24.8 Å². The van der Waals surface area contributed by atoms with Crippen LogP contribution in [0.5, 0.6) is 0 Å². The van der Waals surface area contributed by atoms with Crippen LogP contribution in [0.25, 0.3) is 22.1 Å². The Labute approximate surface area is 134 Å². The van der Waals surface area contributed by atoms with Crippen molar-refractivity contribution in [3.63, 3.8) is 0 Å². The number of hydrogen-bond donors (Lipinski definition) is 2. The first-order valence-corrected chi connectivity index (χ1v) is 9.51. The number of imidazole rings is 1. The molecule has 1 fully saturated rings. The lowest BCUT2D eigenvalue weighted by molar-refractivity contribution is 0.255. The smallest absolute Gasteiger partial charge is 0.211 e. The molecule has 3 heterocycles. The largest absolute Gasteiger partial charge is 0.346 e. The number of sulfonamides is 1. The van der Waals surface area contributed by atoms with Crippen molar-refractivity contribution in [2.75, 3.05) is 5.75 Å². The molecule has 8 heteroatoms. The topological polar surface area (TPSA) is 92.7 Å². The molecule has 23 heavy (non-hydrogen) atoms. The number of aromatic amines is 1. The number of pyridine rings is 1. The molecule has 3 aromatic heterocycles. The monoisotopic (exact) mass is 333 g/mol. The summed E-state index contributed by atoms with van der Waals surface area (Å²) in [5, 5.41) is 1.05. The summed E-state index contributed by atoms with van der Waals surface area (Å²) in [5.74, 6) is 0.192. The fourth-order valence-electron chi connectivity index (χ4n) is 3.30. The van der Waals surface area contributed by atoms with E-state index in [-0.39, 0.29) is 17.8 Å². The minimum atomic E-state index is -3.14. The zero-order chi connectivity index (χ0) is 16.0. The van der Waals surface area contributed by atoms with Gasteiger partial charge in [-0.25, -0.2) is 23.1 Å². The Morgan fingerprint density at radius 3 is 3.00 bits per heavy atom. The van der Waals surface area contributed by atoms with Gasteiger partial charge in [0.1, 0.15) is 11.2 Å². The molecular weight excluding hydrogens is 314 g/mol. The third-order valence-corrected chi connectivity index (χ3v) is 6.08. The highest BCUT2D eigenvalue weighted by molar-refractivity contribution is 7.89. The molecular formula is C15H19N5O2S. The minimum Gasteiger partial charge on any atom is -0.346 e. The molecule has 1 aliphatic carbocycles. The van der Waals surface area contributed by atoms with Gasteiger partial charge in [-0.15, -0.1) is 0 Å². The molecule has 0 saturated heterocycles. The van der Waals surface area contributed by atoms with E-state index in [0.29, 0.717) is 6.42 Å². The Morgan fingerprint density at radius 2 is 2.22 bits per heavy atom. The van der Waals surface area contributed by atoms with Gasteiger partial charge >= 0.3 is 0 Å². The summed E-state index contributed by atoms with van der Waals surface area (Å²) in [6, 6.07) is 2.30. The van der Waals surface area contributed by atoms with Crippen molar-refractivity contribution in [1.82, 2.24) is 24.2 Å². The van der Waals surface area contributed by atoms with Crippen molar-refractivity contribution < 1.29 is 8.42 Å². The molecule has 7 nitrogen and oxygen atoms in total. The first kappa shape index (κ1) is 14.6.